The highest BCUT2D eigenvalue weighted by Crippen LogP contribution is 2.39. The molecule has 0 fully saturated rings. The molecule has 1 unspecified atom stereocenters. The summed E-state index contributed by atoms with van der Waals surface area (Å²) in [5.41, 5.74) is 39.1. The largest absolute Gasteiger partial charge is 0.747 e. The number of hydrogen-bond donors (Lipinski definition) is 13. The Morgan fingerprint density at radius 1 is 0.492 bits per heavy atom. The highest BCUT2D eigenvalue weighted by Gasteiger charge is 2.20. The van der Waals surface area contributed by atoms with Gasteiger partial charge >= 0.3 is 5.96 Å². The third kappa shape index (κ3) is 8.68. The molecule has 0 saturated heterocycles. The normalized spacial score (nSPS) is 12.4. The number of aromatic nitrogens is 4. The van der Waals surface area contributed by atoms with Crippen molar-refractivity contribution in [2.45, 2.75) is 13.1 Å². The maximum absolute atomic E-state index is 11.2. The summed E-state index contributed by atoms with van der Waals surface area (Å²) >= 11 is 0. The second kappa shape index (κ2) is 17.3. The van der Waals surface area contributed by atoms with E-state index in [1.807, 2.05) is 134 Å². The Balaban J connectivity index is 1.38. The monoisotopic (exact) mass is 859 g/mol. The zero-order chi connectivity index (χ0) is 45.2. The molecule has 4 aromatic carbocycles. The van der Waals surface area contributed by atoms with E-state index in [4.69, 9.17) is 43.7 Å². The molecule has 2 aliphatic rings. The molecule has 1 atom stereocenters. The van der Waals surface area contributed by atoms with Gasteiger partial charge in [-0.2, -0.15) is 0 Å². The van der Waals surface area contributed by atoms with Crippen molar-refractivity contribution in [1.82, 2.24) is 19.9 Å². The molecule has 0 spiro atoms. The lowest BCUT2D eigenvalue weighted by atomic mass is 10.0. The number of H-pyrrole nitrogens is 2. The molecule has 0 radical (unpaired) electrons. The highest BCUT2D eigenvalue weighted by molar-refractivity contribution is 6.01. The number of nitrogens with one attached hydrogen (secondary N) is 9. The lowest BCUT2D eigenvalue weighted by Crippen LogP contribution is -2.70. The van der Waals surface area contributed by atoms with Crippen molar-refractivity contribution in [2.24, 2.45) is 22.9 Å². The number of guanidine groups is 3. The SMILES string of the molecule is CC(N)Nc1ccc(-c2c3nc(c(-c4ccc(NC(=N)N)cc4)c4ccc([nH]4)c(-c4ccc(NC(=N)N)cc4)c4nc(c(-c5ccc(NC(N)=[NH+][O-])cc5)c5ccc2[nH]5)C=C4)C=C3)cc1. The topological polar surface area (TPSA) is 294 Å². The van der Waals surface area contributed by atoms with Crippen LogP contribution in [0.2, 0.25) is 0 Å². The summed E-state index contributed by atoms with van der Waals surface area (Å²) in [6, 6.07) is 39.3. The molecule has 8 bridgehead atoms. The van der Waals surface area contributed by atoms with Gasteiger partial charge in [-0.1, -0.05) is 48.5 Å². The molecule has 3 aromatic heterocycles. The summed E-state index contributed by atoms with van der Waals surface area (Å²) in [6.45, 7) is 1.89. The first kappa shape index (κ1) is 41.2. The minimum Gasteiger partial charge on any atom is -0.747 e. The molecule has 0 saturated carbocycles. The van der Waals surface area contributed by atoms with Crippen LogP contribution < -0.4 is 49.4 Å². The van der Waals surface area contributed by atoms with Gasteiger partial charge in [0, 0.05) is 61.4 Å². The fourth-order valence-electron chi connectivity index (χ4n) is 8.07. The third-order valence-corrected chi connectivity index (χ3v) is 10.8. The van der Waals surface area contributed by atoms with Gasteiger partial charge in [0.05, 0.1) is 34.6 Å². The van der Waals surface area contributed by atoms with Crippen LogP contribution in [-0.2, 0) is 0 Å². The van der Waals surface area contributed by atoms with Crippen LogP contribution in [0.5, 0.6) is 0 Å². The van der Waals surface area contributed by atoms with Gasteiger partial charge in [-0.25, -0.2) is 15.3 Å². The number of benzene rings is 4. The predicted octanol–water partition coefficient (Wildman–Crippen LogP) is 6.96. The Morgan fingerprint density at radius 3 is 1.06 bits per heavy atom. The first-order valence-corrected chi connectivity index (χ1v) is 20.6. The highest BCUT2D eigenvalue weighted by atomic mass is 16.4. The van der Waals surface area contributed by atoms with Gasteiger partial charge in [-0.05, 0) is 126 Å². The molecule has 5 heterocycles. The number of nitrogens with two attached hydrogens (primary N) is 4. The first-order chi connectivity index (χ1) is 31.5. The molecular formula is C49H45N15O. The fourth-order valence-corrected chi connectivity index (χ4v) is 8.07. The van der Waals surface area contributed by atoms with E-state index in [0.29, 0.717) is 28.5 Å². The second-order valence-corrected chi connectivity index (χ2v) is 15.5. The predicted molar refractivity (Wildman–Crippen MR) is 266 cm³/mol. The minimum absolute atomic E-state index is 0.120. The van der Waals surface area contributed by atoms with Crippen LogP contribution in [0.15, 0.2) is 121 Å². The fraction of sp³-hybridized carbons (Fsp3) is 0.0408. The van der Waals surface area contributed by atoms with Crippen LogP contribution >= 0.6 is 0 Å². The van der Waals surface area contributed by atoms with Gasteiger partial charge < -0.3 is 48.3 Å². The second-order valence-electron chi connectivity index (χ2n) is 15.5. The molecule has 16 heteroatoms. The number of hydrogen-bond acceptors (Lipinski definition) is 7. The summed E-state index contributed by atoms with van der Waals surface area (Å²) in [7, 11) is 0. The standard InChI is InChI=1S/C49H45N15O/c1-26(50)56-31-10-2-27(3-11-31)43-35-18-20-37(60-35)44(28-4-12-32(13-5-28)57-47(51)52)38-21-22-39(62-38)45(29-6-14-33(15-7-29)58-48(53)54)40-23-25-42(63-40)46(41-24-19-36(43)61-41)30-8-16-34(17-9-30)59-49(55)64-65/h2-26,56,59,61-62,64H,50,55H2,1H3,(H8-,51,52,53,54,57,58,65). The molecule has 9 rings (SSSR count). The van der Waals surface area contributed by atoms with E-state index in [0.717, 1.165) is 83.6 Å². The Labute approximate surface area is 372 Å². The Morgan fingerprint density at radius 2 is 0.785 bits per heavy atom. The smallest absolute Gasteiger partial charge is 0.346 e. The van der Waals surface area contributed by atoms with Crippen molar-refractivity contribution in [2.75, 3.05) is 21.3 Å². The zero-order valence-corrected chi connectivity index (χ0v) is 35.0. The Hall–Kier alpha value is -9.15. The average Bonchev–Trinajstić information content (AvgIpc) is 4.14. The minimum atomic E-state index is -0.233. The van der Waals surface area contributed by atoms with E-state index in [1.165, 1.54) is 0 Å². The van der Waals surface area contributed by atoms with E-state index in [9.17, 15) is 5.21 Å². The van der Waals surface area contributed by atoms with E-state index >= 15 is 0 Å². The summed E-state index contributed by atoms with van der Waals surface area (Å²) in [5.74, 6) is -0.440. The van der Waals surface area contributed by atoms with Gasteiger partial charge in [-0.3, -0.25) is 21.7 Å². The number of aromatic amines is 2. The van der Waals surface area contributed by atoms with Crippen molar-refractivity contribution in [3.63, 3.8) is 0 Å². The van der Waals surface area contributed by atoms with Gasteiger partial charge in [0.25, 0.3) is 0 Å². The maximum atomic E-state index is 11.2. The van der Waals surface area contributed by atoms with Crippen LogP contribution in [0.3, 0.4) is 0 Å². The molecule has 65 heavy (non-hydrogen) atoms. The van der Waals surface area contributed by atoms with Crippen molar-refractivity contribution in [1.29, 1.82) is 10.8 Å². The van der Waals surface area contributed by atoms with Crippen molar-refractivity contribution in [3.05, 3.63) is 149 Å². The molecule has 17 N–H and O–H groups in total. The number of rotatable bonds is 9. The average molecular weight is 860 g/mol. The van der Waals surface area contributed by atoms with E-state index < -0.39 is 0 Å². The lowest BCUT2D eigenvalue weighted by molar-refractivity contribution is -0.374. The molecule has 16 nitrogen and oxygen atoms in total. The van der Waals surface area contributed by atoms with Crippen molar-refractivity contribution < 1.29 is 5.16 Å². The van der Waals surface area contributed by atoms with E-state index in [-0.39, 0.29) is 24.0 Å². The maximum Gasteiger partial charge on any atom is 0.346 e. The molecule has 0 aliphatic carbocycles. The summed E-state index contributed by atoms with van der Waals surface area (Å²) < 4.78 is 0. The van der Waals surface area contributed by atoms with E-state index in [1.54, 1.807) is 5.16 Å². The van der Waals surface area contributed by atoms with Crippen LogP contribution in [0.25, 0.3) is 90.9 Å². The number of anilines is 4. The van der Waals surface area contributed by atoms with E-state index in [2.05, 4.69) is 49.4 Å². The van der Waals surface area contributed by atoms with Crippen LogP contribution in [-0.4, -0.2) is 44.0 Å². The first-order valence-electron chi connectivity index (χ1n) is 20.6. The van der Waals surface area contributed by atoms with Crippen molar-refractivity contribution in [3.8, 4) is 44.5 Å². The van der Waals surface area contributed by atoms with Gasteiger partial charge in [0.2, 0.25) is 0 Å². The summed E-state index contributed by atoms with van der Waals surface area (Å²) in [4.78, 5) is 18.2. The van der Waals surface area contributed by atoms with Gasteiger partial charge in [0.15, 0.2) is 11.9 Å². The zero-order valence-electron chi connectivity index (χ0n) is 35.0. The van der Waals surface area contributed by atoms with Crippen LogP contribution in [0.4, 0.5) is 22.7 Å². The van der Waals surface area contributed by atoms with Gasteiger partial charge in [-0.15, -0.1) is 0 Å². The van der Waals surface area contributed by atoms with Crippen LogP contribution in [0.1, 0.15) is 29.7 Å². The van der Waals surface area contributed by atoms with Gasteiger partial charge in [0.1, 0.15) is 0 Å². The number of fused-ring (bicyclic) bond motifs is 8. The summed E-state index contributed by atoms with van der Waals surface area (Å²) in [6.07, 6.45) is 7.83. The molecule has 0 amide bonds. The van der Waals surface area contributed by atoms with Crippen LogP contribution in [0, 0.1) is 16.0 Å². The summed E-state index contributed by atoms with van der Waals surface area (Å²) in [5, 5.41) is 40.3. The molecule has 322 valence electrons. The Bertz CT molecular complexity index is 3230. The quantitative estimate of drug-likeness (QED) is 0.0231. The Kier molecular flexibility index (Phi) is 11.0. The number of nitrogens with zero attached hydrogens (tertiary/aromatic N) is 2. The van der Waals surface area contributed by atoms with Crippen molar-refractivity contribution >= 4 is 87.0 Å². The molecular weight excluding hydrogens is 815 g/mol. The molecule has 2 aliphatic heterocycles. The third-order valence-electron chi connectivity index (χ3n) is 10.8. The lowest BCUT2D eigenvalue weighted by Gasteiger charge is -2.11. The molecule has 7 aromatic rings.